The first-order valence-electron chi connectivity index (χ1n) is 6.68. The van der Waals surface area contributed by atoms with Gasteiger partial charge >= 0.3 is 6.03 Å². The van der Waals surface area contributed by atoms with E-state index in [1.165, 1.54) is 11.1 Å². The number of carbonyl (C=O) groups is 1. The number of hydrogen-bond donors (Lipinski definition) is 2. The standard InChI is InChI=1S/C16H17N3O/c17-9-12-5-7-15(8-6-12)18-16(20)19-10-13-3-1-2-4-14(13)11-19/h1-8H,9-11,17H2,(H,18,20). The minimum atomic E-state index is -0.0679. The van der Waals surface area contributed by atoms with Crippen LogP contribution in [0.25, 0.3) is 0 Å². The van der Waals surface area contributed by atoms with Crippen LogP contribution in [-0.2, 0) is 19.6 Å². The first-order valence-corrected chi connectivity index (χ1v) is 6.68. The number of rotatable bonds is 2. The van der Waals surface area contributed by atoms with Gasteiger partial charge in [0.1, 0.15) is 0 Å². The lowest BCUT2D eigenvalue weighted by atomic mass is 10.1. The quantitative estimate of drug-likeness (QED) is 0.879. The van der Waals surface area contributed by atoms with Crippen molar-refractivity contribution < 1.29 is 4.79 Å². The van der Waals surface area contributed by atoms with E-state index in [0.29, 0.717) is 19.6 Å². The summed E-state index contributed by atoms with van der Waals surface area (Å²) < 4.78 is 0. The second-order valence-corrected chi connectivity index (χ2v) is 4.96. The zero-order valence-electron chi connectivity index (χ0n) is 11.2. The summed E-state index contributed by atoms with van der Waals surface area (Å²) in [5, 5.41) is 2.92. The summed E-state index contributed by atoms with van der Waals surface area (Å²) >= 11 is 0. The van der Waals surface area contributed by atoms with Gasteiger partial charge in [-0.05, 0) is 28.8 Å². The maximum absolute atomic E-state index is 12.2. The lowest BCUT2D eigenvalue weighted by Crippen LogP contribution is -2.30. The summed E-state index contributed by atoms with van der Waals surface area (Å²) in [5.74, 6) is 0. The number of nitrogens with one attached hydrogen (secondary N) is 1. The molecule has 2 aromatic carbocycles. The zero-order valence-corrected chi connectivity index (χ0v) is 11.2. The number of carbonyl (C=O) groups excluding carboxylic acids is 1. The molecular weight excluding hydrogens is 250 g/mol. The second kappa shape index (κ2) is 5.35. The van der Waals surface area contributed by atoms with Crippen molar-refractivity contribution >= 4 is 11.7 Å². The Morgan fingerprint density at radius 1 is 1.05 bits per heavy atom. The largest absolute Gasteiger partial charge is 0.326 e. The molecule has 1 heterocycles. The lowest BCUT2D eigenvalue weighted by Gasteiger charge is -2.16. The van der Waals surface area contributed by atoms with Gasteiger partial charge < -0.3 is 16.0 Å². The van der Waals surface area contributed by atoms with Crippen molar-refractivity contribution in [3.8, 4) is 0 Å². The fourth-order valence-electron chi connectivity index (χ4n) is 2.40. The molecule has 0 radical (unpaired) electrons. The van der Waals surface area contributed by atoms with Gasteiger partial charge in [0.15, 0.2) is 0 Å². The highest BCUT2D eigenvalue weighted by Crippen LogP contribution is 2.23. The van der Waals surface area contributed by atoms with E-state index in [1.807, 2.05) is 41.3 Å². The predicted octanol–water partition coefficient (Wildman–Crippen LogP) is 2.69. The summed E-state index contributed by atoms with van der Waals surface area (Å²) in [6, 6.07) is 15.7. The Hall–Kier alpha value is -2.33. The van der Waals surface area contributed by atoms with Crippen LogP contribution in [0.5, 0.6) is 0 Å². The molecule has 102 valence electrons. The third-order valence-corrected chi connectivity index (χ3v) is 3.57. The average Bonchev–Trinajstić information content (AvgIpc) is 2.92. The predicted molar refractivity (Wildman–Crippen MR) is 79.0 cm³/mol. The molecule has 0 fully saturated rings. The molecule has 1 aliphatic heterocycles. The van der Waals surface area contributed by atoms with Gasteiger partial charge in [-0.1, -0.05) is 36.4 Å². The van der Waals surface area contributed by atoms with Gasteiger partial charge in [0.05, 0.1) is 0 Å². The maximum atomic E-state index is 12.2. The molecule has 0 aromatic heterocycles. The second-order valence-electron chi connectivity index (χ2n) is 4.96. The molecule has 4 heteroatoms. The molecule has 2 amide bonds. The normalized spacial score (nSPS) is 13.2. The molecule has 0 unspecified atom stereocenters. The van der Waals surface area contributed by atoms with E-state index in [0.717, 1.165) is 11.3 Å². The van der Waals surface area contributed by atoms with E-state index in [-0.39, 0.29) is 6.03 Å². The zero-order chi connectivity index (χ0) is 13.9. The molecule has 2 aromatic rings. The van der Waals surface area contributed by atoms with Crippen LogP contribution in [-0.4, -0.2) is 10.9 Å². The van der Waals surface area contributed by atoms with Gasteiger partial charge in [-0.25, -0.2) is 4.79 Å². The van der Waals surface area contributed by atoms with Crippen molar-refractivity contribution in [3.63, 3.8) is 0 Å². The average molecular weight is 267 g/mol. The van der Waals surface area contributed by atoms with Crippen LogP contribution in [0.4, 0.5) is 10.5 Å². The molecule has 20 heavy (non-hydrogen) atoms. The van der Waals surface area contributed by atoms with Crippen molar-refractivity contribution in [2.24, 2.45) is 5.73 Å². The van der Waals surface area contributed by atoms with Gasteiger partial charge in [-0.2, -0.15) is 0 Å². The number of anilines is 1. The lowest BCUT2D eigenvalue weighted by molar-refractivity contribution is 0.212. The maximum Gasteiger partial charge on any atom is 0.322 e. The van der Waals surface area contributed by atoms with E-state index in [9.17, 15) is 4.79 Å². The molecule has 1 aliphatic rings. The summed E-state index contributed by atoms with van der Waals surface area (Å²) in [5.41, 5.74) is 9.85. The van der Waals surface area contributed by atoms with Crippen LogP contribution in [0, 0.1) is 0 Å². The van der Waals surface area contributed by atoms with Crippen molar-refractivity contribution in [2.45, 2.75) is 19.6 Å². The molecule has 0 atom stereocenters. The molecule has 0 spiro atoms. The Morgan fingerprint density at radius 3 is 2.20 bits per heavy atom. The van der Waals surface area contributed by atoms with Gasteiger partial charge in [0, 0.05) is 25.3 Å². The number of hydrogen-bond acceptors (Lipinski definition) is 2. The Kier molecular flexibility index (Phi) is 3.39. The van der Waals surface area contributed by atoms with Crippen molar-refractivity contribution in [2.75, 3.05) is 5.32 Å². The van der Waals surface area contributed by atoms with Crippen molar-refractivity contribution in [3.05, 3.63) is 65.2 Å². The molecule has 3 N–H and O–H groups in total. The van der Waals surface area contributed by atoms with Gasteiger partial charge in [-0.3, -0.25) is 0 Å². The first-order chi connectivity index (χ1) is 9.76. The smallest absolute Gasteiger partial charge is 0.322 e. The third-order valence-electron chi connectivity index (χ3n) is 3.57. The van der Waals surface area contributed by atoms with Crippen LogP contribution >= 0.6 is 0 Å². The van der Waals surface area contributed by atoms with E-state index < -0.39 is 0 Å². The van der Waals surface area contributed by atoms with E-state index >= 15 is 0 Å². The summed E-state index contributed by atoms with van der Waals surface area (Å²) in [4.78, 5) is 14.0. The van der Waals surface area contributed by atoms with Crippen LogP contribution in [0.3, 0.4) is 0 Å². The SMILES string of the molecule is NCc1ccc(NC(=O)N2Cc3ccccc3C2)cc1. The van der Waals surface area contributed by atoms with Crippen molar-refractivity contribution in [1.29, 1.82) is 0 Å². The molecule has 3 rings (SSSR count). The summed E-state index contributed by atoms with van der Waals surface area (Å²) in [6.07, 6.45) is 0. The minimum Gasteiger partial charge on any atom is -0.326 e. The molecule has 0 saturated carbocycles. The molecular formula is C16H17N3O. The van der Waals surface area contributed by atoms with Gasteiger partial charge in [0.2, 0.25) is 0 Å². The number of fused-ring (bicyclic) bond motifs is 1. The minimum absolute atomic E-state index is 0.0679. The topological polar surface area (TPSA) is 58.4 Å². The van der Waals surface area contributed by atoms with Crippen LogP contribution < -0.4 is 11.1 Å². The van der Waals surface area contributed by atoms with Crippen LogP contribution in [0.15, 0.2) is 48.5 Å². The Morgan fingerprint density at radius 2 is 1.65 bits per heavy atom. The highest BCUT2D eigenvalue weighted by Gasteiger charge is 2.22. The van der Waals surface area contributed by atoms with E-state index in [2.05, 4.69) is 17.4 Å². The fraction of sp³-hybridized carbons (Fsp3) is 0.188. The number of urea groups is 1. The highest BCUT2D eigenvalue weighted by molar-refractivity contribution is 5.89. The summed E-state index contributed by atoms with van der Waals surface area (Å²) in [6.45, 7) is 1.85. The van der Waals surface area contributed by atoms with Crippen LogP contribution in [0.2, 0.25) is 0 Å². The van der Waals surface area contributed by atoms with E-state index in [1.54, 1.807) is 0 Å². The summed E-state index contributed by atoms with van der Waals surface area (Å²) in [7, 11) is 0. The molecule has 0 bridgehead atoms. The first kappa shape index (κ1) is 12.7. The number of amides is 2. The Balaban J connectivity index is 1.66. The van der Waals surface area contributed by atoms with Gasteiger partial charge in [-0.15, -0.1) is 0 Å². The Bertz CT molecular complexity index is 597. The molecule has 4 nitrogen and oxygen atoms in total. The monoisotopic (exact) mass is 267 g/mol. The van der Waals surface area contributed by atoms with Crippen LogP contribution in [0.1, 0.15) is 16.7 Å². The third kappa shape index (κ3) is 2.51. The fourth-order valence-corrected chi connectivity index (χ4v) is 2.40. The Labute approximate surface area is 118 Å². The van der Waals surface area contributed by atoms with E-state index in [4.69, 9.17) is 5.73 Å². The number of nitrogens with two attached hydrogens (primary N) is 1. The molecule has 0 aliphatic carbocycles. The van der Waals surface area contributed by atoms with Crippen molar-refractivity contribution in [1.82, 2.24) is 4.90 Å². The number of benzene rings is 2. The molecule has 0 saturated heterocycles. The highest BCUT2D eigenvalue weighted by atomic mass is 16.2. The number of nitrogens with zero attached hydrogens (tertiary/aromatic N) is 1. The van der Waals surface area contributed by atoms with Gasteiger partial charge in [0.25, 0.3) is 0 Å².